The molecule has 19 heavy (non-hydrogen) atoms. The Bertz CT molecular complexity index is 572. The summed E-state index contributed by atoms with van der Waals surface area (Å²) in [4.78, 5) is 19.7. The molecule has 0 bridgehead atoms. The molecular formula is C14H14BrN3O. The molecule has 2 aromatic rings. The molecule has 0 spiro atoms. The van der Waals surface area contributed by atoms with Crippen molar-refractivity contribution in [2.24, 2.45) is 0 Å². The topological polar surface area (TPSA) is 54.9 Å². The van der Waals surface area contributed by atoms with Gasteiger partial charge in [-0.25, -0.2) is 9.97 Å². The van der Waals surface area contributed by atoms with Gasteiger partial charge < -0.3 is 5.32 Å². The number of hydrogen-bond donors (Lipinski definition) is 1. The van der Waals surface area contributed by atoms with Gasteiger partial charge in [0.1, 0.15) is 6.33 Å². The molecular weight excluding hydrogens is 306 g/mol. The molecule has 1 heterocycles. The van der Waals surface area contributed by atoms with Crippen LogP contribution in [0, 0.1) is 6.92 Å². The molecule has 5 heteroatoms. The van der Waals surface area contributed by atoms with Crippen molar-refractivity contribution in [3.05, 3.63) is 52.5 Å². The molecule has 0 saturated carbocycles. The molecule has 0 fully saturated rings. The zero-order valence-corrected chi connectivity index (χ0v) is 12.1. The number of rotatable bonds is 4. The van der Waals surface area contributed by atoms with Gasteiger partial charge in [0.15, 0.2) is 0 Å². The van der Waals surface area contributed by atoms with Crippen molar-refractivity contribution in [1.82, 2.24) is 9.97 Å². The monoisotopic (exact) mass is 319 g/mol. The first kappa shape index (κ1) is 13.7. The van der Waals surface area contributed by atoms with Gasteiger partial charge in [0.2, 0.25) is 5.91 Å². The second-order valence-corrected chi connectivity index (χ2v) is 5.13. The van der Waals surface area contributed by atoms with E-state index in [2.05, 4.69) is 31.2 Å². The number of anilines is 1. The Morgan fingerprint density at radius 1 is 1.32 bits per heavy atom. The zero-order chi connectivity index (χ0) is 13.7. The molecule has 0 radical (unpaired) electrons. The number of aryl methyl sites for hydroxylation is 2. The van der Waals surface area contributed by atoms with Crippen molar-refractivity contribution in [1.29, 1.82) is 0 Å². The van der Waals surface area contributed by atoms with Crippen LogP contribution in [0.25, 0.3) is 0 Å². The highest BCUT2D eigenvalue weighted by Crippen LogP contribution is 2.23. The summed E-state index contributed by atoms with van der Waals surface area (Å²) in [6, 6.07) is 5.83. The van der Waals surface area contributed by atoms with Gasteiger partial charge in [-0.15, -0.1) is 0 Å². The van der Waals surface area contributed by atoms with E-state index >= 15 is 0 Å². The van der Waals surface area contributed by atoms with Crippen molar-refractivity contribution in [3.63, 3.8) is 0 Å². The van der Waals surface area contributed by atoms with E-state index in [-0.39, 0.29) is 5.91 Å². The van der Waals surface area contributed by atoms with Gasteiger partial charge >= 0.3 is 0 Å². The average molecular weight is 320 g/mol. The maximum Gasteiger partial charge on any atom is 0.224 e. The Hall–Kier alpha value is -1.75. The lowest BCUT2D eigenvalue weighted by Crippen LogP contribution is -2.12. The summed E-state index contributed by atoms with van der Waals surface area (Å²) in [6.07, 6.45) is 5.97. The minimum absolute atomic E-state index is 0.0200. The molecule has 2 rings (SSSR count). The maximum absolute atomic E-state index is 11.9. The standard InChI is InChI=1S/C14H14BrN3O/c1-10-2-4-13(12(15)6-10)18-14(19)5-3-11-7-16-9-17-8-11/h2,4,6-9H,3,5H2,1H3,(H,18,19). The van der Waals surface area contributed by atoms with Crippen LogP contribution in [0.1, 0.15) is 17.5 Å². The largest absolute Gasteiger partial charge is 0.325 e. The first-order valence-corrected chi connectivity index (χ1v) is 6.74. The molecule has 98 valence electrons. The fourth-order valence-corrected chi connectivity index (χ4v) is 2.24. The normalized spacial score (nSPS) is 10.2. The van der Waals surface area contributed by atoms with Gasteiger partial charge in [-0.05, 0) is 52.5 Å². The number of nitrogens with one attached hydrogen (secondary N) is 1. The Balaban J connectivity index is 1.91. The van der Waals surface area contributed by atoms with E-state index in [0.717, 1.165) is 21.3 Å². The third kappa shape index (κ3) is 4.13. The minimum Gasteiger partial charge on any atom is -0.325 e. The second-order valence-electron chi connectivity index (χ2n) is 4.28. The van der Waals surface area contributed by atoms with Crippen LogP contribution in [-0.2, 0) is 11.2 Å². The van der Waals surface area contributed by atoms with Gasteiger partial charge in [-0.2, -0.15) is 0 Å². The van der Waals surface area contributed by atoms with E-state index in [1.807, 2.05) is 25.1 Å². The summed E-state index contributed by atoms with van der Waals surface area (Å²) in [7, 11) is 0. The molecule has 0 aliphatic rings. The Morgan fingerprint density at radius 3 is 2.74 bits per heavy atom. The van der Waals surface area contributed by atoms with E-state index in [1.54, 1.807) is 12.4 Å². The molecule has 1 amide bonds. The predicted octanol–water partition coefficient (Wildman–Crippen LogP) is 3.12. The van der Waals surface area contributed by atoms with E-state index in [1.165, 1.54) is 6.33 Å². The predicted molar refractivity (Wildman–Crippen MR) is 77.9 cm³/mol. The Kier molecular flexibility index (Phi) is 4.63. The molecule has 0 unspecified atom stereocenters. The molecule has 1 aromatic heterocycles. The van der Waals surface area contributed by atoms with Crippen molar-refractivity contribution in [2.45, 2.75) is 19.8 Å². The number of carbonyl (C=O) groups excluding carboxylic acids is 1. The summed E-state index contributed by atoms with van der Waals surface area (Å²) < 4.78 is 0.892. The number of hydrogen-bond acceptors (Lipinski definition) is 3. The highest BCUT2D eigenvalue weighted by molar-refractivity contribution is 9.10. The summed E-state index contributed by atoms with van der Waals surface area (Å²) >= 11 is 3.44. The lowest BCUT2D eigenvalue weighted by molar-refractivity contribution is -0.116. The van der Waals surface area contributed by atoms with E-state index in [4.69, 9.17) is 0 Å². The van der Waals surface area contributed by atoms with Crippen molar-refractivity contribution >= 4 is 27.5 Å². The van der Waals surface area contributed by atoms with Gasteiger partial charge in [0, 0.05) is 23.3 Å². The third-order valence-electron chi connectivity index (χ3n) is 2.65. The third-order valence-corrected chi connectivity index (χ3v) is 3.31. The van der Waals surface area contributed by atoms with E-state index in [9.17, 15) is 4.79 Å². The maximum atomic E-state index is 11.9. The van der Waals surface area contributed by atoms with E-state index in [0.29, 0.717) is 12.8 Å². The molecule has 0 aliphatic carbocycles. The van der Waals surface area contributed by atoms with Crippen LogP contribution in [0.4, 0.5) is 5.69 Å². The van der Waals surface area contributed by atoms with Crippen molar-refractivity contribution < 1.29 is 4.79 Å². The molecule has 1 aromatic carbocycles. The van der Waals surface area contributed by atoms with Crippen molar-refractivity contribution in [3.8, 4) is 0 Å². The first-order chi connectivity index (χ1) is 9.15. The fourth-order valence-electron chi connectivity index (χ4n) is 1.65. The fraction of sp³-hybridized carbons (Fsp3) is 0.214. The van der Waals surface area contributed by atoms with Gasteiger partial charge in [-0.3, -0.25) is 4.79 Å². The molecule has 1 N–H and O–H groups in total. The summed E-state index contributed by atoms with van der Waals surface area (Å²) in [5.41, 5.74) is 2.90. The molecule has 0 aliphatic heterocycles. The van der Waals surface area contributed by atoms with Crippen LogP contribution >= 0.6 is 15.9 Å². The Morgan fingerprint density at radius 2 is 2.05 bits per heavy atom. The van der Waals surface area contributed by atoms with Crippen LogP contribution < -0.4 is 5.32 Å². The lowest BCUT2D eigenvalue weighted by Gasteiger charge is -2.08. The van der Waals surface area contributed by atoms with Crippen LogP contribution in [0.2, 0.25) is 0 Å². The quantitative estimate of drug-likeness (QED) is 0.942. The molecule has 0 atom stereocenters. The van der Waals surface area contributed by atoms with Gasteiger partial charge in [-0.1, -0.05) is 6.07 Å². The SMILES string of the molecule is Cc1ccc(NC(=O)CCc2cncnc2)c(Br)c1. The molecule has 0 saturated heterocycles. The number of benzene rings is 1. The van der Waals surface area contributed by atoms with Crippen molar-refractivity contribution in [2.75, 3.05) is 5.32 Å². The highest BCUT2D eigenvalue weighted by Gasteiger charge is 2.06. The lowest BCUT2D eigenvalue weighted by atomic mass is 10.2. The smallest absolute Gasteiger partial charge is 0.224 e. The van der Waals surface area contributed by atoms with Crippen LogP contribution in [0.5, 0.6) is 0 Å². The summed E-state index contributed by atoms with van der Waals surface area (Å²) in [5, 5.41) is 2.88. The number of carbonyl (C=O) groups is 1. The van der Waals surface area contributed by atoms with Crippen LogP contribution in [0.3, 0.4) is 0 Å². The number of aromatic nitrogens is 2. The summed E-state index contributed by atoms with van der Waals surface area (Å²) in [5.74, 6) is -0.0200. The highest BCUT2D eigenvalue weighted by atomic mass is 79.9. The van der Waals surface area contributed by atoms with E-state index < -0.39 is 0 Å². The van der Waals surface area contributed by atoms with Crippen LogP contribution in [0.15, 0.2) is 41.4 Å². The zero-order valence-electron chi connectivity index (χ0n) is 10.6. The second kappa shape index (κ2) is 6.43. The number of halogens is 1. The summed E-state index contributed by atoms with van der Waals surface area (Å²) in [6.45, 7) is 2.01. The first-order valence-electron chi connectivity index (χ1n) is 5.95. The minimum atomic E-state index is -0.0200. The average Bonchev–Trinajstić information content (AvgIpc) is 2.41. The van der Waals surface area contributed by atoms with Gasteiger partial charge in [0.05, 0.1) is 5.69 Å². The van der Waals surface area contributed by atoms with Crippen LogP contribution in [-0.4, -0.2) is 15.9 Å². The number of nitrogens with zero attached hydrogens (tertiary/aromatic N) is 2. The number of amides is 1. The Labute approximate surface area is 120 Å². The molecule has 4 nitrogen and oxygen atoms in total. The van der Waals surface area contributed by atoms with Gasteiger partial charge in [0.25, 0.3) is 0 Å².